The van der Waals surface area contributed by atoms with E-state index in [1.807, 2.05) is 17.7 Å². The van der Waals surface area contributed by atoms with Gasteiger partial charge in [-0.1, -0.05) is 26.6 Å². The summed E-state index contributed by atoms with van der Waals surface area (Å²) in [6.45, 7) is 17.5. The summed E-state index contributed by atoms with van der Waals surface area (Å²) in [6.07, 6.45) is 3.11. The zero-order chi connectivity index (χ0) is 30.1. The maximum Gasteiger partial charge on any atom is 0.408 e. The molecule has 0 saturated carbocycles. The van der Waals surface area contributed by atoms with Crippen molar-refractivity contribution in [3.63, 3.8) is 0 Å². The van der Waals surface area contributed by atoms with E-state index in [4.69, 9.17) is 37.8 Å². The first-order valence-corrected chi connectivity index (χ1v) is 18.4. The number of pyridine rings is 1. The van der Waals surface area contributed by atoms with Gasteiger partial charge in [0.15, 0.2) is 0 Å². The topological polar surface area (TPSA) is 107 Å². The quantitative estimate of drug-likeness (QED) is 0.136. The van der Waals surface area contributed by atoms with E-state index in [1.165, 1.54) is 0 Å². The van der Waals surface area contributed by atoms with Crippen molar-refractivity contribution in [2.75, 3.05) is 11.9 Å². The lowest BCUT2D eigenvalue weighted by molar-refractivity contribution is -0.118. The van der Waals surface area contributed by atoms with E-state index in [0.717, 1.165) is 41.7 Å². The Balaban J connectivity index is 2.13. The minimum atomic E-state index is -1.16. The lowest BCUT2D eigenvalue weighted by Crippen LogP contribution is -2.45. The molecule has 12 heteroatoms. The lowest BCUT2D eigenvalue weighted by Gasteiger charge is -2.23. The van der Waals surface area contributed by atoms with Gasteiger partial charge in [0, 0.05) is 20.2 Å². The summed E-state index contributed by atoms with van der Waals surface area (Å²) < 4.78 is 13.2. The molecule has 0 spiro atoms. The first-order chi connectivity index (χ1) is 18.6. The zero-order valence-electron chi connectivity index (χ0n) is 25.1. The van der Waals surface area contributed by atoms with Gasteiger partial charge in [-0.05, 0) is 71.6 Å². The number of ether oxygens (including phenoxy) is 2. The number of hydrogen-bond donors (Lipinski definition) is 2. The highest BCUT2D eigenvalue weighted by Crippen LogP contribution is 2.27. The SMILES string of the molecule is CCc1c(-c2ccc(NC(=O)[C@H](CCCC(Cl)Cl)NC(=O)OC(C)(C)C)cn2)c(C)nn1COCC[Si](C)(C)C. The van der Waals surface area contributed by atoms with Crippen LogP contribution in [0.15, 0.2) is 18.3 Å². The molecule has 0 aliphatic carbocycles. The molecule has 9 nitrogen and oxygen atoms in total. The molecule has 0 aromatic carbocycles. The highest BCUT2D eigenvalue weighted by molar-refractivity contribution is 6.76. The summed E-state index contributed by atoms with van der Waals surface area (Å²) in [7, 11) is -1.16. The Hall–Kier alpha value is -2.14. The molecule has 2 aromatic rings. The third kappa shape index (κ3) is 11.8. The molecule has 0 aliphatic rings. The minimum absolute atomic E-state index is 0.352. The number of halogens is 2. The normalized spacial score (nSPS) is 12.9. The van der Waals surface area contributed by atoms with Gasteiger partial charge in [0.2, 0.25) is 5.91 Å². The smallest absolute Gasteiger partial charge is 0.408 e. The van der Waals surface area contributed by atoms with E-state index in [9.17, 15) is 9.59 Å². The van der Waals surface area contributed by atoms with Crippen molar-refractivity contribution in [1.82, 2.24) is 20.1 Å². The molecular weight excluding hydrogens is 569 g/mol. The average Bonchev–Trinajstić information content (AvgIpc) is 3.14. The predicted molar refractivity (Wildman–Crippen MR) is 165 cm³/mol. The first-order valence-electron chi connectivity index (χ1n) is 13.8. The number of aryl methyl sites for hydroxylation is 1. The monoisotopic (exact) mass is 613 g/mol. The molecule has 0 fully saturated rings. The van der Waals surface area contributed by atoms with Crippen LogP contribution in [0.4, 0.5) is 10.5 Å². The number of amides is 2. The van der Waals surface area contributed by atoms with Crippen LogP contribution in [-0.2, 0) is 27.4 Å². The minimum Gasteiger partial charge on any atom is -0.444 e. The Morgan fingerprint density at radius 2 is 1.85 bits per heavy atom. The van der Waals surface area contributed by atoms with Gasteiger partial charge in [-0.3, -0.25) is 9.78 Å². The van der Waals surface area contributed by atoms with Gasteiger partial charge in [-0.2, -0.15) is 5.10 Å². The lowest BCUT2D eigenvalue weighted by atomic mass is 10.1. The van der Waals surface area contributed by atoms with Crippen molar-refractivity contribution in [3.8, 4) is 11.3 Å². The number of nitrogens with one attached hydrogen (secondary N) is 2. The number of hydrogen-bond acceptors (Lipinski definition) is 6. The molecular formula is C28H45Cl2N5O4Si. The van der Waals surface area contributed by atoms with Crippen LogP contribution in [0.2, 0.25) is 25.7 Å². The summed E-state index contributed by atoms with van der Waals surface area (Å²) in [5.41, 5.74) is 3.47. The Morgan fingerprint density at radius 1 is 1.15 bits per heavy atom. The Kier molecular flexibility index (Phi) is 12.9. The number of nitrogens with zero attached hydrogens (tertiary/aromatic N) is 3. The Bertz CT molecular complexity index is 1110. The first kappa shape index (κ1) is 34.1. The molecule has 2 rings (SSSR count). The second kappa shape index (κ2) is 15.2. The summed E-state index contributed by atoms with van der Waals surface area (Å²) in [5.74, 6) is -0.380. The molecule has 2 aromatic heterocycles. The van der Waals surface area contributed by atoms with Gasteiger partial charge in [0.25, 0.3) is 0 Å². The Morgan fingerprint density at radius 3 is 2.40 bits per heavy atom. The molecule has 0 radical (unpaired) electrons. The van der Waals surface area contributed by atoms with Crippen molar-refractivity contribution >= 4 is 49.0 Å². The van der Waals surface area contributed by atoms with E-state index in [2.05, 4.69) is 42.2 Å². The third-order valence-corrected chi connectivity index (χ3v) is 8.13. The van der Waals surface area contributed by atoms with Gasteiger partial charge in [0.05, 0.1) is 29.0 Å². The van der Waals surface area contributed by atoms with E-state index in [-0.39, 0.29) is 5.91 Å². The number of carbonyl (C=O) groups excluding carboxylic acids is 2. The second-order valence-electron chi connectivity index (χ2n) is 12.1. The Labute approximate surface area is 249 Å². The van der Waals surface area contributed by atoms with Crippen LogP contribution in [0, 0.1) is 6.92 Å². The number of alkyl halides is 2. The highest BCUT2D eigenvalue weighted by Gasteiger charge is 2.25. The molecule has 0 unspecified atom stereocenters. The maximum absolute atomic E-state index is 13.1. The van der Waals surface area contributed by atoms with Crippen LogP contribution in [-0.4, -0.2) is 57.9 Å². The summed E-state index contributed by atoms with van der Waals surface area (Å²) >= 11 is 11.7. The zero-order valence-corrected chi connectivity index (χ0v) is 27.6. The fourth-order valence-electron chi connectivity index (χ4n) is 4.00. The maximum atomic E-state index is 13.1. The average molecular weight is 615 g/mol. The summed E-state index contributed by atoms with van der Waals surface area (Å²) in [6, 6.07) is 3.93. The van der Waals surface area contributed by atoms with Crippen LogP contribution in [0.1, 0.15) is 58.3 Å². The van der Waals surface area contributed by atoms with Crippen LogP contribution < -0.4 is 10.6 Å². The molecule has 2 amide bonds. The van der Waals surface area contributed by atoms with E-state index in [0.29, 0.717) is 31.7 Å². The largest absolute Gasteiger partial charge is 0.444 e. The summed E-state index contributed by atoms with van der Waals surface area (Å²) in [4.78, 5) is 29.5. The van der Waals surface area contributed by atoms with Crippen molar-refractivity contribution < 1.29 is 19.1 Å². The molecule has 2 N–H and O–H groups in total. The molecule has 224 valence electrons. The van der Waals surface area contributed by atoms with Crippen LogP contribution in [0.3, 0.4) is 0 Å². The van der Waals surface area contributed by atoms with Gasteiger partial charge in [-0.25, -0.2) is 9.48 Å². The predicted octanol–water partition coefficient (Wildman–Crippen LogP) is 6.93. The fourth-order valence-corrected chi connectivity index (χ4v) is 5.06. The van der Waals surface area contributed by atoms with Crippen molar-refractivity contribution in [2.45, 2.75) is 109 Å². The van der Waals surface area contributed by atoms with Crippen molar-refractivity contribution in [3.05, 3.63) is 29.7 Å². The van der Waals surface area contributed by atoms with Gasteiger partial charge in [-0.15, -0.1) is 23.2 Å². The number of anilines is 1. The van der Waals surface area contributed by atoms with Gasteiger partial charge in [0.1, 0.15) is 23.2 Å². The van der Waals surface area contributed by atoms with Crippen LogP contribution in [0.5, 0.6) is 0 Å². The van der Waals surface area contributed by atoms with Crippen LogP contribution >= 0.6 is 23.2 Å². The molecule has 1 atom stereocenters. The third-order valence-electron chi connectivity index (χ3n) is 5.99. The van der Waals surface area contributed by atoms with Crippen LogP contribution in [0.25, 0.3) is 11.3 Å². The van der Waals surface area contributed by atoms with E-state index >= 15 is 0 Å². The van der Waals surface area contributed by atoms with Crippen molar-refractivity contribution in [2.24, 2.45) is 0 Å². The van der Waals surface area contributed by atoms with Gasteiger partial charge < -0.3 is 20.1 Å². The van der Waals surface area contributed by atoms with Gasteiger partial charge >= 0.3 is 6.09 Å². The molecule has 0 bridgehead atoms. The number of alkyl carbamates (subject to hydrolysis) is 1. The number of carbonyl (C=O) groups is 2. The molecule has 40 heavy (non-hydrogen) atoms. The number of aromatic nitrogens is 3. The van der Waals surface area contributed by atoms with Crippen molar-refractivity contribution in [1.29, 1.82) is 0 Å². The van der Waals surface area contributed by atoms with E-state index < -0.39 is 30.6 Å². The second-order valence-corrected chi connectivity index (χ2v) is 18.9. The molecule has 0 aliphatic heterocycles. The standard InChI is InChI=1S/C28H45Cl2N5O4Si/c1-9-23-25(19(2)34-35(23)18-38-15-16-40(6,7)8)21-14-13-20(17-31-21)32-26(36)22(11-10-12-24(29)30)33-27(37)39-28(3,4)5/h13-14,17,22,24H,9-12,15-16,18H2,1-8H3,(H,32,36)(H,33,37)/t22-/m0/s1. The fraction of sp³-hybridized carbons (Fsp3) is 0.643. The highest BCUT2D eigenvalue weighted by atomic mass is 35.5. The summed E-state index contributed by atoms with van der Waals surface area (Å²) in [5, 5.41) is 10.2. The van der Waals surface area contributed by atoms with E-state index in [1.54, 1.807) is 33.0 Å². The molecule has 2 heterocycles. The molecule has 0 saturated heterocycles. The number of rotatable bonds is 14.